The number of hydrogen-bond acceptors (Lipinski definition) is 4. The maximum Gasteiger partial charge on any atom is 0.251 e. The number of ether oxygens (including phenoxy) is 1. The van der Waals surface area contributed by atoms with Crippen molar-refractivity contribution in [2.24, 2.45) is 0 Å². The molecule has 0 fully saturated rings. The third kappa shape index (κ3) is 5.08. The van der Waals surface area contributed by atoms with E-state index >= 15 is 0 Å². The molecule has 1 amide bonds. The third-order valence-electron chi connectivity index (χ3n) is 4.38. The van der Waals surface area contributed by atoms with E-state index in [4.69, 9.17) is 4.74 Å². The maximum atomic E-state index is 12.7. The number of amides is 1. The predicted octanol–water partition coefficient (Wildman–Crippen LogP) is 3.04. The minimum Gasteiger partial charge on any atom is -0.496 e. The van der Waals surface area contributed by atoms with Gasteiger partial charge in [-0.2, -0.15) is 4.31 Å². The van der Waals surface area contributed by atoms with E-state index in [0.29, 0.717) is 16.9 Å². The molecule has 0 aliphatic rings. The minimum absolute atomic E-state index is 0.0594. The van der Waals surface area contributed by atoms with Crippen LogP contribution in [0.5, 0.6) is 5.75 Å². The zero-order valence-corrected chi connectivity index (χ0v) is 16.9. The first kappa shape index (κ1) is 20.9. The highest BCUT2D eigenvalue weighted by Gasteiger charge is 2.22. The molecule has 27 heavy (non-hydrogen) atoms. The fourth-order valence-corrected chi connectivity index (χ4v) is 3.72. The van der Waals surface area contributed by atoms with Crippen LogP contribution in [-0.2, 0) is 16.6 Å². The predicted molar refractivity (Wildman–Crippen MR) is 105 cm³/mol. The van der Waals surface area contributed by atoms with Crippen molar-refractivity contribution in [1.82, 2.24) is 9.62 Å². The summed E-state index contributed by atoms with van der Waals surface area (Å²) in [5.41, 5.74) is 1.09. The Balaban J connectivity index is 2.29. The summed E-state index contributed by atoms with van der Waals surface area (Å²) < 4.78 is 32.1. The lowest BCUT2D eigenvalue weighted by atomic mass is 10.1. The monoisotopic (exact) mass is 390 g/mol. The molecule has 146 valence electrons. The Bertz CT molecular complexity index is 882. The quantitative estimate of drug-likeness (QED) is 0.752. The second-order valence-corrected chi connectivity index (χ2v) is 8.43. The summed E-state index contributed by atoms with van der Waals surface area (Å²) in [6.07, 6.45) is 0.826. The summed E-state index contributed by atoms with van der Waals surface area (Å²) in [5.74, 6) is 0.340. The molecule has 2 rings (SSSR count). The Hall–Kier alpha value is -2.38. The number of benzene rings is 2. The number of hydrogen-bond donors (Lipinski definition) is 1. The molecule has 0 saturated heterocycles. The van der Waals surface area contributed by atoms with Crippen LogP contribution in [0.4, 0.5) is 0 Å². The van der Waals surface area contributed by atoms with Gasteiger partial charge in [-0.1, -0.05) is 25.1 Å². The molecule has 0 radical (unpaired) electrons. The molecule has 0 aliphatic carbocycles. The molecule has 1 N–H and O–H groups in total. The van der Waals surface area contributed by atoms with E-state index < -0.39 is 10.0 Å². The molecular weight excluding hydrogens is 364 g/mol. The van der Waals surface area contributed by atoms with Gasteiger partial charge in [-0.25, -0.2) is 8.42 Å². The zero-order valence-electron chi connectivity index (χ0n) is 16.1. The average molecular weight is 391 g/mol. The van der Waals surface area contributed by atoms with Gasteiger partial charge < -0.3 is 10.1 Å². The van der Waals surface area contributed by atoms with E-state index in [0.717, 1.165) is 6.42 Å². The molecule has 0 heterocycles. The van der Waals surface area contributed by atoms with Crippen molar-refractivity contribution in [2.75, 3.05) is 14.2 Å². The normalized spacial score (nSPS) is 12.6. The van der Waals surface area contributed by atoms with Crippen LogP contribution in [0.15, 0.2) is 53.4 Å². The Morgan fingerprint density at radius 3 is 2.44 bits per heavy atom. The van der Waals surface area contributed by atoms with E-state index in [1.165, 1.54) is 18.5 Å². The minimum atomic E-state index is -3.64. The number of sulfonamides is 1. The average Bonchev–Trinajstić information content (AvgIpc) is 2.68. The third-order valence-corrected chi connectivity index (χ3v) is 6.19. The standard InChI is InChI=1S/C20H26N2O4S/c1-5-15(2)21-20(23)16-11-12-19(26-4)17(13-16)14-22(3)27(24,25)18-9-7-6-8-10-18/h6-13,15H,5,14H2,1-4H3,(H,21,23)/t15-/m0/s1. The van der Waals surface area contributed by atoms with Gasteiger partial charge in [0.2, 0.25) is 10.0 Å². The highest BCUT2D eigenvalue weighted by molar-refractivity contribution is 7.89. The van der Waals surface area contributed by atoms with Gasteiger partial charge in [0.15, 0.2) is 0 Å². The van der Waals surface area contributed by atoms with E-state index in [2.05, 4.69) is 5.32 Å². The summed E-state index contributed by atoms with van der Waals surface area (Å²) in [6, 6.07) is 13.3. The molecule has 0 bridgehead atoms. The van der Waals surface area contributed by atoms with Gasteiger partial charge in [-0.3, -0.25) is 4.79 Å². The second kappa shape index (κ2) is 9.01. The Morgan fingerprint density at radius 2 is 1.85 bits per heavy atom. The Kier molecular flexibility index (Phi) is 6.98. The lowest BCUT2D eigenvalue weighted by Crippen LogP contribution is -2.32. The van der Waals surface area contributed by atoms with E-state index in [1.807, 2.05) is 13.8 Å². The molecule has 0 spiro atoms. The van der Waals surface area contributed by atoms with Gasteiger partial charge in [0, 0.05) is 30.8 Å². The van der Waals surface area contributed by atoms with Gasteiger partial charge in [0.25, 0.3) is 5.91 Å². The zero-order chi connectivity index (χ0) is 20.0. The Labute approximate surface area is 161 Å². The van der Waals surface area contributed by atoms with E-state index in [-0.39, 0.29) is 23.4 Å². The molecule has 7 heteroatoms. The van der Waals surface area contributed by atoms with E-state index in [9.17, 15) is 13.2 Å². The number of methoxy groups -OCH3 is 1. The summed E-state index contributed by atoms with van der Waals surface area (Å²) in [7, 11) is -0.616. The first-order valence-electron chi connectivity index (χ1n) is 8.78. The largest absolute Gasteiger partial charge is 0.496 e. The van der Waals surface area contributed by atoms with Crippen molar-refractivity contribution >= 4 is 15.9 Å². The van der Waals surface area contributed by atoms with Gasteiger partial charge in [-0.15, -0.1) is 0 Å². The molecular formula is C20H26N2O4S. The van der Waals surface area contributed by atoms with Crippen molar-refractivity contribution < 1.29 is 17.9 Å². The summed E-state index contributed by atoms with van der Waals surface area (Å²) in [4.78, 5) is 12.6. The van der Waals surface area contributed by atoms with Crippen LogP contribution in [0.25, 0.3) is 0 Å². The number of nitrogens with one attached hydrogen (secondary N) is 1. The second-order valence-electron chi connectivity index (χ2n) is 6.38. The Morgan fingerprint density at radius 1 is 1.19 bits per heavy atom. The smallest absolute Gasteiger partial charge is 0.251 e. The van der Waals surface area contributed by atoms with Gasteiger partial charge in [0.05, 0.1) is 12.0 Å². The summed E-state index contributed by atoms with van der Waals surface area (Å²) in [6.45, 7) is 4.02. The topological polar surface area (TPSA) is 75.7 Å². The lowest BCUT2D eigenvalue weighted by molar-refractivity contribution is 0.0939. The van der Waals surface area contributed by atoms with Crippen molar-refractivity contribution in [2.45, 2.75) is 37.8 Å². The van der Waals surface area contributed by atoms with Crippen LogP contribution >= 0.6 is 0 Å². The van der Waals surface area contributed by atoms with Crippen LogP contribution in [0.3, 0.4) is 0 Å². The van der Waals surface area contributed by atoms with Crippen molar-refractivity contribution in [1.29, 1.82) is 0 Å². The molecule has 0 unspecified atom stereocenters. The number of carbonyl (C=O) groups is 1. The van der Waals surface area contributed by atoms with Crippen LogP contribution in [0.2, 0.25) is 0 Å². The number of carbonyl (C=O) groups excluding carboxylic acids is 1. The molecule has 2 aromatic rings. The van der Waals surface area contributed by atoms with Crippen molar-refractivity contribution in [3.8, 4) is 5.75 Å². The van der Waals surface area contributed by atoms with Crippen LogP contribution in [-0.4, -0.2) is 38.8 Å². The molecule has 1 atom stereocenters. The lowest BCUT2D eigenvalue weighted by Gasteiger charge is -2.19. The fourth-order valence-electron chi connectivity index (χ4n) is 2.55. The molecule has 2 aromatic carbocycles. The van der Waals surface area contributed by atoms with Gasteiger partial charge in [0.1, 0.15) is 5.75 Å². The highest BCUT2D eigenvalue weighted by atomic mass is 32.2. The van der Waals surface area contributed by atoms with Crippen LogP contribution in [0, 0.1) is 0 Å². The van der Waals surface area contributed by atoms with Crippen molar-refractivity contribution in [3.05, 3.63) is 59.7 Å². The fraction of sp³-hybridized carbons (Fsp3) is 0.350. The number of rotatable bonds is 8. The van der Waals surface area contributed by atoms with Gasteiger partial charge in [-0.05, 0) is 43.7 Å². The number of nitrogens with zero attached hydrogens (tertiary/aromatic N) is 1. The molecule has 0 aliphatic heterocycles. The molecule has 0 aromatic heterocycles. The molecule has 6 nitrogen and oxygen atoms in total. The highest BCUT2D eigenvalue weighted by Crippen LogP contribution is 2.24. The van der Waals surface area contributed by atoms with Crippen LogP contribution in [0.1, 0.15) is 36.2 Å². The maximum absolute atomic E-state index is 12.7. The molecule has 0 saturated carbocycles. The summed E-state index contributed by atoms with van der Waals surface area (Å²) in [5, 5.41) is 2.91. The van der Waals surface area contributed by atoms with Gasteiger partial charge >= 0.3 is 0 Å². The summed E-state index contributed by atoms with van der Waals surface area (Å²) >= 11 is 0. The van der Waals surface area contributed by atoms with E-state index in [1.54, 1.807) is 48.5 Å². The van der Waals surface area contributed by atoms with Crippen LogP contribution < -0.4 is 10.1 Å². The SMILES string of the molecule is CC[C@H](C)NC(=O)c1ccc(OC)c(CN(C)S(=O)(=O)c2ccccc2)c1. The first-order valence-corrected chi connectivity index (χ1v) is 10.2. The van der Waals surface area contributed by atoms with Crippen molar-refractivity contribution in [3.63, 3.8) is 0 Å². The first-order chi connectivity index (χ1) is 12.8.